The van der Waals surface area contributed by atoms with E-state index in [0.717, 1.165) is 16.5 Å². The van der Waals surface area contributed by atoms with Crippen molar-refractivity contribution in [2.75, 3.05) is 13.1 Å². The van der Waals surface area contributed by atoms with Gasteiger partial charge in [-0.2, -0.15) is 0 Å². The van der Waals surface area contributed by atoms with Gasteiger partial charge in [0.1, 0.15) is 11.7 Å². The molecule has 1 aliphatic rings. The van der Waals surface area contributed by atoms with Crippen molar-refractivity contribution in [1.82, 2.24) is 20.2 Å². The molecule has 0 aliphatic carbocycles. The zero-order chi connectivity index (χ0) is 21.1. The Morgan fingerprint density at radius 3 is 2.80 bits per heavy atom. The molecule has 7 nitrogen and oxygen atoms in total. The summed E-state index contributed by atoms with van der Waals surface area (Å²) in [5.41, 5.74) is 2.02. The summed E-state index contributed by atoms with van der Waals surface area (Å²) in [4.78, 5) is 35.0. The van der Waals surface area contributed by atoms with Gasteiger partial charge in [0.25, 0.3) is 5.91 Å². The summed E-state index contributed by atoms with van der Waals surface area (Å²) in [6, 6.07) is 10.0. The molecule has 0 radical (unpaired) electrons. The third kappa shape index (κ3) is 4.63. The largest absolute Gasteiger partial charge is 0.393 e. The third-order valence-electron chi connectivity index (χ3n) is 5.37. The highest BCUT2D eigenvalue weighted by molar-refractivity contribution is 6.31. The molecule has 1 aromatic carbocycles. The number of amides is 2. The van der Waals surface area contributed by atoms with Crippen molar-refractivity contribution < 1.29 is 14.7 Å². The molecule has 3 aromatic rings. The number of piperidine rings is 1. The molecule has 0 spiro atoms. The number of aromatic amines is 1. The van der Waals surface area contributed by atoms with E-state index < -0.39 is 6.04 Å². The number of pyridine rings is 1. The van der Waals surface area contributed by atoms with Crippen LogP contribution in [0, 0.1) is 0 Å². The van der Waals surface area contributed by atoms with Crippen molar-refractivity contribution >= 4 is 34.3 Å². The monoisotopic (exact) mass is 426 g/mol. The predicted octanol–water partition coefficient (Wildman–Crippen LogP) is 2.54. The van der Waals surface area contributed by atoms with Crippen molar-refractivity contribution in [3.8, 4) is 0 Å². The number of halogens is 1. The molecule has 3 heterocycles. The van der Waals surface area contributed by atoms with E-state index in [1.165, 1.54) is 0 Å². The lowest BCUT2D eigenvalue weighted by atomic mass is 10.0. The molecule has 3 N–H and O–H groups in total. The topological polar surface area (TPSA) is 98.3 Å². The van der Waals surface area contributed by atoms with Crippen molar-refractivity contribution in [3.05, 3.63) is 65.1 Å². The van der Waals surface area contributed by atoms with Gasteiger partial charge in [-0.05, 0) is 48.7 Å². The van der Waals surface area contributed by atoms with Gasteiger partial charge in [0, 0.05) is 47.8 Å². The smallest absolute Gasteiger partial charge is 0.268 e. The van der Waals surface area contributed by atoms with E-state index in [0.29, 0.717) is 43.1 Å². The highest BCUT2D eigenvalue weighted by Gasteiger charge is 2.29. The molecule has 8 heteroatoms. The summed E-state index contributed by atoms with van der Waals surface area (Å²) in [7, 11) is 0. The van der Waals surface area contributed by atoms with Crippen LogP contribution in [-0.4, -0.2) is 57.0 Å². The Morgan fingerprint density at radius 2 is 2.07 bits per heavy atom. The quantitative estimate of drug-likeness (QED) is 0.584. The molecule has 1 fully saturated rings. The summed E-state index contributed by atoms with van der Waals surface area (Å²) in [6.07, 6.45) is 4.41. The SMILES string of the molecule is O=C(N[C@@H](Cc1cccnc1)C(=O)N1CCC(O)CC1)c1cc2cc(Cl)ccc2[nH]1. The number of nitrogens with zero attached hydrogens (tertiary/aromatic N) is 2. The lowest BCUT2D eigenvalue weighted by Gasteiger charge is -2.32. The molecule has 4 rings (SSSR count). The molecule has 30 heavy (non-hydrogen) atoms. The first-order chi connectivity index (χ1) is 14.5. The normalized spacial score (nSPS) is 15.9. The number of carbonyl (C=O) groups is 2. The fourth-order valence-corrected chi connectivity index (χ4v) is 3.90. The van der Waals surface area contributed by atoms with Crippen LogP contribution in [0.3, 0.4) is 0 Å². The van der Waals surface area contributed by atoms with E-state index in [9.17, 15) is 14.7 Å². The first kappa shape index (κ1) is 20.4. The molecule has 156 valence electrons. The average molecular weight is 427 g/mol. The van der Waals surface area contributed by atoms with Crippen LogP contribution < -0.4 is 5.32 Å². The van der Waals surface area contributed by atoms with Gasteiger partial charge in [0.2, 0.25) is 5.91 Å². The minimum atomic E-state index is -0.730. The molecule has 2 amide bonds. The Balaban J connectivity index is 1.54. The maximum absolute atomic E-state index is 13.2. The first-order valence-corrected chi connectivity index (χ1v) is 10.3. The molecular weight excluding hydrogens is 404 g/mol. The van der Waals surface area contributed by atoms with Crippen LogP contribution in [0.25, 0.3) is 10.9 Å². The number of aliphatic hydroxyl groups is 1. The zero-order valence-electron chi connectivity index (χ0n) is 16.3. The number of aromatic nitrogens is 2. The molecule has 1 aliphatic heterocycles. The van der Waals surface area contributed by atoms with E-state index in [4.69, 9.17) is 11.6 Å². The lowest BCUT2D eigenvalue weighted by Crippen LogP contribution is -2.52. The van der Waals surface area contributed by atoms with Gasteiger partial charge in [0.05, 0.1) is 6.10 Å². The van der Waals surface area contributed by atoms with E-state index in [-0.39, 0.29) is 17.9 Å². The summed E-state index contributed by atoms with van der Waals surface area (Å²) < 4.78 is 0. The van der Waals surface area contributed by atoms with Crippen molar-refractivity contribution in [1.29, 1.82) is 0 Å². The van der Waals surface area contributed by atoms with Crippen molar-refractivity contribution in [2.24, 2.45) is 0 Å². The minimum Gasteiger partial charge on any atom is -0.393 e. The summed E-state index contributed by atoms with van der Waals surface area (Å²) in [5, 5.41) is 14.0. The lowest BCUT2D eigenvalue weighted by molar-refractivity contribution is -0.135. The van der Waals surface area contributed by atoms with Crippen LogP contribution in [0.1, 0.15) is 28.9 Å². The maximum atomic E-state index is 13.2. The van der Waals surface area contributed by atoms with Gasteiger partial charge in [0.15, 0.2) is 0 Å². The van der Waals surface area contributed by atoms with E-state index in [2.05, 4.69) is 15.3 Å². The minimum absolute atomic E-state index is 0.154. The Labute approximate surface area is 179 Å². The number of fused-ring (bicyclic) bond motifs is 1. The van der Waals surface area contributed by atoms with Crippen LogP contribution >= 0.6 is 11.6 Å². The number of benzene rings is 1. The van der Waals surface area contributed by atoms with E-state index >= 15 is 0 Å². The summed E-state index contributed by atoms with van der Waals surface area (Å²) in [5.74, 6) is -0.514. The number of H-pyrrole nitrogens is 1. The number of carbonyl (C=O) groups excluding carboxylic acids is 2. The second-order valence-electron chi connectivity index (χ2n) is 7.56. The van der Waals surface area contributed by atoms with E-state index in [1.807, 2.05) is 12.1 Å². The Morgan fingerprint density at radius 1 is 1.27 bits per heavy atom. The number of nitrogens with one attached hydrogen (secondary N) is 2. The van der Waals surface area contributed by atoms with Crippen LogP contribution in [0.15, 0.2) is 48.8 Å². The van der Waals surface area contributed by atoms with Gasteiger partial charge in [-0.3, -0.25) is 14.6 Å². The molecule has 0 bridgehead atoms. The van der Waals surface area contributed by atoms with Crippen LogP contribution in [0.4, 0.5) is 0 Å². The van der Waals surface area contributed by atoms with Crippen LogP contribution in [0.2, 0.25) is 5.02 Å². The Kier molecular flexibility index (Phi) is 6.01. The number of hydrogen-bond acceptors (Lipinski definition) is 4. The van der Waals surface area contributed by atoms with Crippen LogP contribution in [0.5, 0.6) is 0 Å². The third-order valence-corrected chi connectivity index (χ3v) is 5.60. The average Bonchev–Trinajstić information content (AvgIpc) is 3.17. The highest BCUT2D eigenvalue weighted by Crippen LogP contribution is 2.20. The molecule has 1 atom stereocenters. The standard InChI is InChI=1S/C22H23ClN4O3/c23-16-3-4-18-15(11-16)12-19(25-18)21(29)26-20(10-14-2-1-7-24-13-14)22(30)27-8-5-17(28)6-9-27/h1-4,7,11-13,17,20,25,28H,5-6,8-10H2,(H,26,29)/t20-/m0/s1. The van der Waals surface area contributed by atoms with Crippen molar-refractivity contribution in [3.63, 3.8) is 0 Å². The predicted molar refractivity (Wildman–Crippen MR) is 114 cm³/mol. The first-order valence-electron chi connectivity index (χ1n) is 9.94. The highest BCUT2D eigenvalue weighted by atomic mass is 35.5. The fraction of sp³-hybridized carbons (Fsp3) is 0.318. The van der Waals surface area contributed by atoms with Gasteiger partial charge >= 0.3 is 0 Å². The van der Waals surface area contributed by atoms with Gasteiger partial charge in [-0.1, -0.05) is 17.7 Å². The fourth-order valence-electron chi connectivity index (χ4n) is 3.72. The zero-order valence-corrected chi connectivity index (χ0v) is 17.1. The molecular formula is C22H23ClN4O3. The summed E-state index contributed by atoms with van der Waals surface area (Å²) >= 11 is 6.03. The second kappa shape index (κ2) is 8.85. The summed E-state index contributed by atoms with van der Waals surface area (Å²) in [6.45, 7) is 0.953. The van der Waals surface area contributed by atoms with Crippen molar-refractivity contribution in [2.45, 2.75) is 31.4 Å². The molecule has 2 aromatic heterocycles. The number of hydrogen-bond donors (Lipinski definition) is 3. The van der Waals surface area contributed by atoms with Gasteiger partial charge in [-0.15, -0.1) is 0 Å². The van der Waals surface area contributed by atoms with Gasteiger partial charge in [-0.25, -0.2) is 0 Å². The molecule has 0 unspecified atom stereocenters. The second-order valence-corrected chi connectivity index (χ2v) is 8.00. The number of aliphatic hydroxyl groups excluding tert-OH is 1. The molecule has 1 saturated heterocycles. The number of rotatable bonds is 5. The Bertz CT molecular complexity index is 1040. The van der Waals surface area contributed by atoms with E-state index in [1.54, 1.807) is 41.6 Å². The number of likely N-dealkylation sites (tertiary alicyclic amines) is 1. The maximum Gasteiger partial charge on any atom is 0.268 e. The molecule has 0 saturated carbocycles. The Hall–Kier alpha value is -2.90. The van der Waals surface area contributed by atoms with Gasteiger partial charge < -0.3 is 20.3 Å². The van der Waals surface area contributed by atoms with Crippen LogP contribution in [-0.2, 0) is 11.2 Å².